The van der Waals surface area contributed by atoms with Crippen LogP contribution in [0.25, 0.3) is 11.0 Å². The number of nitrogens with zero attached hydrogens (tertiary/aromatic N) is 3. The van der Waals surface area contributed by atoms with Crippen molar-refractivity contribution in [3.05, 3.63) is 68.1 Å². The normalized spacial score (nSPS) is 11.0. The van der Waals surface area contributed by atoms with Crippen LogP contribution in [-0.4, -0.2) is 39.2 Å². The second kappa shape index (κ2) is 8.82. The van der Waals surface area contributed by atoms with Crippen molar-refractivity contribution in [2.24, 2.45) is 5.10 Å². The van der Waals surface area contributed by atoms with Gasteiger partial charge >= 0.3 is 5.69 Å². The number of H-pyrrole nitrogens is 1. The Bertz CT molecular complexity index is 1200. The van der Waals surface area contributed by atoms with Gasteiger partial charge in [0.2, 0.25) is 11.7 Å². The van der Waals surface area contributed by atoms with Crippen LogP contribution in [0, 0.1) is 10.1 Å². The van der Waals surface area contributed by atoms with E-state index in [1.165, 1.54) is 19.4 Å². The van der Waals surface area contributed by atoms with Crippen LogP contribution in [0.2, 0.25) is 0 Å². The zero-order valence-electron chi connectivity index (χ0n) is 15.8. The smallest absolute Gasteiger partial charge is 0.315 e. The van der Waals surface area contributed by atoms with Gasteiger partial charge in [-0.25, -0.2) is 10.4 Å². The lowest BCUT2D eigenvalue weighted by molar-refractivity contribution is -0.386. The number of phenolic OH excluding ortho intramolecular Hbond substituents is 1. The predicted molar refractivity (Wildman–Crippen MR) is 108 cm³/mol. The van der Waals surface area contributed by atoms with Crippen molar-refractivity contribution in [3.63, 3.8) is 0 Å². The van der Waals surface area contributed by atoms with Crippen LogP contribution in [0.4, 0.5) is 5.69 Å². The summed E-state index contributed by atoms with van der Waals surface area (Å²) in [4.78, 5) is 41.3. The molecule has 0 unspecified atom stereocenters. The number of hydrogen-bond donors (Lipinski definition) is 3. The number of nitrogens with one attached hydrogen (secondary N) is 2. The third-order valence-corrected chi connectivity index (χ3v) is 4.16. The maximum absolute atomic E-state index is 12.1. The molecule has 0 spiro atoms. The molecule has 0 aliphatic rings. The third kappa shape index (κ3) is 4.58. The minimum atomic E-state index is -0.762. The Kier molecular flexibility index (Phi) is 6.01. The topological polar surface area (TPSA) is 160 Å². The van der Waals surface area contributed by atoms with Crippen LogP contribution in [-0.2, 0) is 11.2 Å². The van der Waals surface area contributed by atoms with Crippen LogP contribution < -0.4 is 15.7 Å². The van der Waals surface area contributed by atoms with E-state index in [0.29, 0.717) is 11.0 Å². The number of hydrazone groups is 1. The zero-order chi connectivity index (χ0) is 21.7. The lowest BCUT2D eigenvalue weighted by atomic mass is 10.2. The number of phenols is 1. The van der Waals surface area contributed by atoms with E-state index >= 15 is 0 Å². The molecule has 0 atom stereocenters. The van der Waals surface area contributed by atoms with E-state index in [0.717, 1.165) is 6.07 Å². The van der Waals surface area contributed by atoms with Gasteiger partial charge in [-0.05, 0) is 18.2 Å². The molecule has 3 rings (SSSR count). The van der Waals surface area contributed by atoms with Gasteiger partial charge in [0.15, 0.2) is 5.75 Å². The van der Waals surface area contributed by atoms with Crippen LogP contribution in [0.3, 0.4) is 0 Å². The molecular formula is C19H17N5O6. The number of fused-ring (bicyclic) bond motifs is 1. The number of carbonyl (C=O) groups excluding carboxylic acids is 1. The predicted octanol–water partition coefficient (Wildman–Crippen LogP) is 1.63. The molecule has 154 valence electrons. The van der Waals surface area contributed by atoms with Gasteiger partial charge < -0.3 is 14.8 Å². The number of carbonyl (C=O) groups is 1. The molecule has 0 saturated heterocycles. The second-order valence-electron chi connectivity index (χ2n) is 6.17. The van der Waals surface area contributed by atoms with Gasteiger partial charge in [0.05, 0.1) is 29.3 Å². The fraction of sp³-hybridized carbons (Fsp3) is 0.158. The molecule has 0 radical (unpaired) electrons. The maximum atomic E-state index is 12.1. The molecule has 2 aromatic carbocycles. The average molecular weight is 411 g/mol. The number of rotatable bonds is 7. The molecule has 0 aliphatic carbocycles. The number of methoxy groups -OCH3 is 1. The van der Waals surface area contributed by atoms with E-state index in [4.69, 9.17) is 4.74 Å². The first-order chi connectivity index (χ1) is 14.4. The van der Waals surface area contributed by atoms with E-state index in [-0.39, 0.29) is 35.4 Å². The molecule has 3 aromatic rings. The van der Waals surface area contributed by atoms with Crippen LogP contribution in [0.5, 0.6) is 11.5 Å². The van der Waals surface area contributed by atoms with Crippen molar-refractivity contribution in [1.29, 1.82) is 0 Å². The van der Waals surface area contributed by atoms with Gasteiger partial charge in [0, 0.05) is 24.5 Å². The van der Waals surface area contributed by atoms with Crippen molar-refractivity contribution in [1.82, 2.24) is 15.4 Å². The molecule has 1 amide bonds. The number of aryl methyl sites for hydroxylation is 1. The van der Waals surface area contributed by atoms with E-state index in [1.54, 1.807) is 24.3 Å². The first-order valence-electron chi connectivity index (χ1n) is 8.74. The number of aromatic hydroxyl groups is 1. The monoisotopic (exact) mass is 411 g/mol. The molecule has 1 heterocycles. The highest BCUT2D eigenvalue weighted by Crippen LogP contribution is 2.36. The van der Waals surface area contributed by atoms with Gasteiger partial charge in [-0.3, -0.25) is 19.7 Å². The Morgan fingerprint density at radius 1 is 1.40 bits per heavy atom. The summed E-state index contributed by atoms with van der Waals surface area (Å²) >= 11 is 0. The largest absolute Gasteiger partial charge is 0.500 e. The summed E-state index contributed by atoms with van der Waals surface area (Å²) in [5.41, 5.74) is 3.05. The summed E-state index contributed by atoms with van der Waals surface area (Å²) in [5.74, 6) is -1.17. The minimum absolute atomic E-state index is 0.0369. The number of nitro benzene ring substituents is 1. The van der Waals surface area contributed by atoms with Crippen molar-refractivity contribution >= 4 is 28.8 Å². The Hall–Kier alpha value is -4.28. The fourth-order valence-electron chi connectivity index (χ4n) is 2.69. The summed E-state index contributed by atoms with van der Waals surface area (Å²) < 4.78 is 4.89. The highest BCUT2D eigenvalue weighted by Gasteiger charge is 2.19. The number of ether oxygens (including phenoxy) is 1. The molecule has 11 heteroatoms. The maximum Gasteiger partial charge on any atom is 0.315 e. The Labute approximate surface area is 169 Å². The van der Waals surface area contributed by atoms with Crippen LogP contribution >= 0.6 is 0 Å². The summed E-state index contributed by atoms with van der Waals surface area (Å²) in [5, 5.41) is 24.5. The summed E-state index contributed by atoms with van der Waals surface area (Å²) in [6.07, 6.45) is 1.25. The van der Waals surface area contributed by atoms with Gasteiger partial charge in [-0.15, -0.1) is 0 Å². The first kappa shape index (κ1) is 20.5. The van der Waals surface area contributed by atoms with Crippen molar-refractivity contribution in [2.75, 3.05) is 7.11 Å². The number of nitro groups is 1. The molecule has 11 nitrogen and oxygen atoms in total. The molecule has 0 aliphatic heterocycles. The van der Waals surface area contributed by atoms with Gasteiger partial charge in [0.25, 0.3) is 5.56 Å². The molecule has 30 heavy (non-hydrogen) atoms. The van der Waals surface area contributed by atoms with E-state index in [1.807, 2.05) is 0 Å². The number of amides is 1. The Morgan fingerprint density at radius 3 is 2.90 bits per heavy atom. The highest BCUT2D eigenvalue weighted by molar-refractivity contribution is 5.85. The zero-order valence-corrected chi connectivity index (χ0v) is 15.8. The minimum Gasteiger partial charge on any atom is -0.500 e. The SMILES string of the molecule is COc1cc(/C=N/NC(=O)CCc2nc3ccccc3[nH]c2=O)cc([N+](=O)[O-])c1O. The number of benzene rings is 2. The Balaban J connectivity index is 1.64. The molecule has 0 fully saturated rings. The molecule has 0 saturated carbocycles. The number of hydrogen-bond acceptors (Lipinski definition) is 8. The summed E-state index contributed by atoms with van der Waals surface area (Å²) in [7, 11) is 1.25. The number of para-hydroxylation sites is 2. The van der Waals surface area contributed by atoms with Gasteiger partial charge in [-0.1, -0.05) is 12.1 Å². The molecule has 1 aromatic heterocycles. The number of aromatic amines is 1. The first-order valence-corrected chi connectivity index (χ1v) is 8.74. The lowest BCUT2D eigenvalue weighted by Gasteiger charge is -2.05. The van der Waals surface area contributed by atoms with Crippen molar-refractivity contribution in [3.8, 4) is 11.5 Å². The fourth-order valence-corrected chi connectivity index (χ4v) is 2.69. The van der Waals surface area contributed by atoms with Crippen LogP contribution in [0.1, 0.15) is 17.7 Å². The molecule has 0 bridgehead atoms. The average Bonchev–Trinajstić information content (AvgIpc) is 2.72. The second-order valence-corrected chi connectivity index (χ2v) is 6.17. The van der Waals surface area contributed by atoms with E-state index < -0.39 is 22.3 Å². The van der Waals surface area contributed by atoms with E-state index in [9.17, 15) is 24.8 Å². The van der Waals surface area contributed by atoms with Gasteiger partial charge in [-0.2, -0.15) is 5.10 Å². The third-order valence-electron chi connectivity index (χ3n) is 4.16. The summed E-state index contributed by atoms with van der Waals surface area (Å²) in [6, 6.07) is 9.48. The Morgan fingerprint density at radius 2 is 2.17 bits per heavy atom. The standard InChI is InChI=1S/C19H17N5O6/c1-30-16-9-11(8-15(18(16)26)24(28)29)10-20-23-17(25)7-6-14-19(27)22-13-5-3-2-4-12(13)21-14/h2-5,8-10,26H,6-7H2,1H3,(H,22,27)(H,23,25)/b20-10+. The van der Waals surface area contributed by atoms with Gasteiger partial charge in [0.1, 0.15) is 5.69 Å². The molecular weight excluding hydrogens is 394 g/mol. The quantitative estimate of drug-likeness (QED) is 0.302. The number of aromatic nitrogens is 2. The highest BCUT2D eigenvalue weighted by atomic mass is 16.6. The lowest BCUT2D eigenvalue weighted by Crippen LogP contribution is -2.21. The van der Waals surface area contributed by atoms with Crippen LogP contribution in [0.15, 0.2) is 46.3 Å². The van der Waals surface area contributed by atoms with Crippen molar-refractivity contribution in [2.45, 2.75) is 12.8 Å². The van der Waals surface area contributed by atoms with Crippen molar-refractivity contribution < 1.29 is 19.6 Å². The van der Waals surface area contributed by atoms with E-state index in [2.05, 4.69) is 20.5 Å². The summed E-state index contributed by atoms with van der Waals surface area (Å²) in [6.45, 7) is 0. The molecule has 3 N–H and O–H groups in total.